The van der Waals surface area contributed by atoms with Crippen LogP contribution in [-0.4, -0.2) is 21.4 Å². The summed E-state index contributed by atoms with van der Waals surface area (Å²) in [6, 6.07) is 10.5. The summed E-state index contributed by atoms with van der Waals surface area (Å²) in [4.78, 5) is 38.7. The van der Waals surface area contributed by atoms with Crippen molar-refractivity contribution in [3.63, 3.8) is 0 Å². The molecule has 0 saturated heterocycles. The van der Waals surface area contributed by atoms with Gasteiger partial charge in [0.2, 0.25) is 5.88 Å². The van der Waals surface area contributed by atoms with Crippen LogP contribution in [0.4, 0.5) is 5.88 Å². The van der Waals surface area contributed by atoms with Gasteiger partial charge in [-0.25, -0.2) is 0 Å². The minimum absolute atomic E-state index is 0.0610. The standard InChI is InChI=1S/C22H21N3O4/c1-3-17-13(2)21(29-24-17)23-20(27)16-12-15-18(10-7-11-19(15)26)25(22(16)28)14-8-5-4-6-9-14/h4-6,8-9,12H,3,7,10-11H2,1-2H3,(H,23,27). The largest absolute Gasteiger partial charge is 0.338 e. The summed E-state index contributed by atoms with van der Waals surface area (Å²) in [5.74, 6) is -0.474. The topological polar surface area (TPSA) is 94.2 Å². The number of fused-ring (bicyclic) bond motifs is 1. The Bertz CT molecular complexity index is 1160. The maximum atomic E-state index is 13.3. The second kappa shape index (κ2) is 7.50. The summed E-state index contributed by atoms with van der Waals surface area (Å²) in [5, 5.41) is 6.55. The number of nitrogens with zero attached hydrogens (tertiary/aromatic N) is 2. The van der Waals surface area contributed by atoms with E-state index in [1.165, 1.54) is 10.6 Å². The van der Waals surface area contributed by atoms with Crippen molar-refractivity contribution in [2.45, 2.75) is 39.5 Å². The van der Waals surface area contributed by atoms with Gasteiger partial charge in [0.1, 0.15) is 5.56 Å². The van der Waals surface area contributed by atoms with Crippen molar-refractivity contribution < 1.29 is 14.1 Å². The molecule has 0 bridgehead atoms. The summed E-state index contributed by atoms with van der Waals surface area (Å²) in [5.41, 5.74) is 2.60. The molecule has 1 aromatic carbocycles. The summed E-state index contributed by atoms with van der Waals surface area (Å²) in [7, 11) is 0. The average Bonchev–Trinajstić information content (AvgIpc) is 3.08. The van der Waals surface area contributed by atoms with E-state index in [-0.39, 0.29) is 17.2 Å². The Morgan fingerprint density at radius 1 is 1.21 bits per heavy atom. The van der Waals surface area contributed by atoms with Gasteiger partial charge in [-0.05, 0) is 44.4 Å². The molecule has 0 atom stereocenters. The number of amides is 1. The van der Waals surface area contributed by atoms with E-state index >= 15 is 0 Å². The lowest BCUT2D eigenvalue weighted by Crippen LogP contribution is -2.33. The number of pyridine rings is 1. The Balaban J connectivity index is 1.84. The Morgan fingerprint density at radius 2 is 1.97 bits per heavy atom. The molecule has 148 valence electrons. The van der Waals surface area contributed by atoms with E-state index in [0.29, 0.717) is 42.6 Å². The lowest BCUT2D eigenvalue weighted by molar-refractivity contribution is 0.0971. The number of para-hydroxylation sites is 1. The molecule has 1 N–H and O–H groups in total. The second-order valence-corrected chi connectivity index (χ2v) is 7.06. The third-order valence-electron chi connectivity index (χ3n) is 5.26. The fraction of sp³-hybridized carbons (Fsp3) is 0.273. The summed E-state index contributed by atoms with van der Waals surface area (Å²) in [6.07, 6.45) is 2.36. The molecule has 29 heavy (non-hydrogen) atoms. The molecule has 7 nitrogen and oxygen atoms in total. The Hall–Kier alpha value is -3.48. The predicted octanol–water partition coefficient (Wildman–Crippen LogP) is 3.47. The van der Waals surface area contributed by atoms with Gasteiger partial charge in [0.05, 0.1) is 5.69 Å². The van der Waals surface area contributed by atoms with Crippen molar-refractivity contribution >= 4 is 17.6 Å². The monoisotopic (exact) mass is 391 g/mol. The highest BCUT2D eigenvalue weighted by Crippen LogP contribution is 2.24. The van der Waals surface area contributed by atoms with E-state index in [1.807, 2.05) is 25.1 Å². The Labute approximate surface area is 167 Å². The van der Waals surface area contributed by atoms with Crippen LogP contribution in [0.2, 0.25) is 0 Å². The highest BCUT2D eigenvalue weighted by Gasteiger charge is 2.27. The molecule has 1 aliphatic rings. The number of nitrogens with one attached hydrogen (secondary N) is 1. The van der Waals surface area contributed by atoms with E-state index in [2.05, 4.69) is 10.5 Å². The van der Waals surface area contributed by atoms with Gasteiger partial charge in [-0.15, -0.1) is 0 Å². The first kappa shape index (κ1) is 18.9. The number of hydrogen-bond acceptors (Lipinski definition) is 5. The Morgan fingerprint density at radius 3 is 2.66 bits per heavy atom. The highest BCUT2D eigenvalue weighted by atomic mass is 16.5. The molecule has 0 saturated carbocycles. The zero-order valence-corrected chi connectivity index (χ0v) is 16.3. The molecule has 0 radical (unpaired) electrons. The van der Waals surface area contributed by atoms with E-state index < -0.39 is 11.5 Å². The van der Waals surface area contributed by atoms with Gasteiger partial charge < -0.3 is 4.52 Å². The average molecular weight is 391 g/mol. The lowest BCUT2D eigenvalue weighted by atomic mass is 9.92. The van der Waals surface area contributed by atoms with E-state index in [4.69, 9.17) is 4.52 Å². The molecule has 0 unspecified atom stereocenters. The summed E-state index contributed by atoms with van der Waals surface area (Å²) >= 11 is 0. The fourth-order valence-corrected chi connectivity index (χ4v) is 3.69. The van der Waals surface area contributed by atoms with Crippen molar-refractivity contribution in [2.75, 3.05) is 5.32 Å². The quantitative estimate of drug-likeness (QED) is 0.735. The molecular weight excluding hydrogens is 370 g/mol. The van der Waals surface area contributed by atoms with Gasteiger partial charge in [-0.2, -0.15) is 0 Å². The van der Waals surface area contributed by atoms with Crippen molar-refractivity contribution in [2.24, 2.45) is 0 Å². The molecule has 1 amide bonds. The number of anilines is 1. The van der Waals surface area contributed by atoms with Crippen LogP contribution in [-0.2, 0) is 12.8 Å². The van der Waals surface area contributed by atoms with E-state index in [9.17, 15) is 14.4 Å². The second-order valence-electron chi connectivity index (χ2n) is 7.06. The smallest absolute Gasteiger partial charge is 0.268 e. The normalized spacial score (nSPS) is 13.2. The number of aromatic nitrogens is 2. The number of rotatable bonds is 4. The van der Waals surface area contributed by atoms with Crippen LogP contribution in [0.5, 0.6) is 0 Å². The summed E-state index contributed by atoms with van der Waals surface area (Å²) in [6.45, 7) is 3.73. The zero-order valence-electron chi connectivity index (χ0n) is 16.3. The first-order chi connectivity index (χ1) is 14.0. The van der Waals surface area contributed by atoms with Crippen LogP contribution in [0.3, 0.4) is 0 Å². The fourth-order valence-electron chi connectivity index (χ4n) is 3.69. The SMILES string of the molecule is CCc1noc(NC(=O)c2cc3c(n(-c4ccccc4)c2=O)CCCC3=O)c1C. The van der Waals surface area contributed by atoms with Crippen LogP contribution in [0.25, 0.3) is 5.69 Å². The first-order valence-corrected chi connectivity index (χ1v) is 9.65. The number of carbonyl (C=O) groups is 2. The number of benzene rings is 1. The molecule has 3 aromatic rings. The molecule has 7 heteroatoms. The van der Waals surface area contributed by atoms with Crippen LogP contribution in [0.1, 0.15) is 57.4 Å². The molecule has 2 heterocycles. The van der Waals surface area contributed by atoms with Gasteiger partial charge in [-0.3, -0.25) is 24.3 Å². The minimum atomic E-state index is -0.622. The molecule has 2 aromatic heterocycles. The lowest BCUT2D eigenvalue weighted by Gasteiger charge is -2.21. The molecule has 0 fully saturated rings. The third kappa shape index (κ3) is 3.29. The minimum Gasteiger partial charge on any atom is -0.338 e. The predicted molar refractivity (Wildman–Crippen MR) is 108 cm³/mol. The van der Waals surface area contributed by atoms with Crippen molar-refractivity contribution in [1.29, 1.82) is 0 Å². The summed E-state index contributed by atoms with van der Waals surface area (Å²) < 4.78 is 6.69. The number of hydrogen-bond donors (Lipinski definition) is 1. The molecule has 4 rings (SSSR count). The number of Topliss-reactive ketones (excluding diaryl/α,β-unsaturated/α-hetero) is 1. The number of aryl methyl sites for hydroxylation is 1. The van der Waals surface area contributed by atoms with Gasteiger partial charge in [0, 0.05) is 28.9 Å². The van der Waals surface area contributed by atoms with Crippen LogP contribution in [0, 0.1) is 6.92 Å². The highest BCUT2D eigenvalue weighted by molar-refractivity contribution is 6.06. The molecule has 0 aliphatic heterocycles. The maximum absolute atomic E-state index is 13.3. The van der Waals surface area contributed by atoms with Crippen LogP contribution in [0.15, 0.2) is 45.7 Å². The van der Waals surface area contributed by atoms with Crippen molar-refractivity contribution in [1.82, 2.24) is 9.72 Å². The van der Waals surface area contributed by atoms with Crippen molar-refractivity contribution in [3.8, 4) is 5.69 Å². The number of carbonyl (C=O) groups excluding carboxylic acids is 2. The van der Waals surface area contributed by atoms with Gasteiger partial charge in [0.25, 0.3) is 11.5 Å². The number of ketones is 1. The van der Waals surface area contributed by atoms with Crippen molar-refractivity contribution in [3.05, 3.63) is 74.8 Å². The van der Waals surface area contributed by atoms with E-state index in [1.54, 1.807) is 19.1 Å². The van der Waals surface area contributed by atoms with Crippen LogP contribution >= 0.6 is 0 Å². The first-order valence-electron chi connectivity index (χ1n) is 9.65. The van der Waals surface area contributed by atoms with Crippen LogP contribution < -0.4 is 10.9 Å². The molecule has 0 spiro atoms. The molecular formula is C22H21N3O4. The maximum Gasteiger partial charge on any atom is 0.268 e. The molecule has 1 aliphatic carbocycles. The van der Waals surface area contributed by atoms with Gasteiger partial charge in [-0.1, -0.05) is 30.3 Å². The third-order valence-corrected chi connectivity index (χ3v) is 5.26. The van der Waals surface area contributed by atoms with Gasteiger partial charge >= 0.3 is 0 Å². The zero-order chi connectivity index (χ0) is 20.5. The van der Waals surface area contributed by atoms with Gasteiger partial charge in [0.15, 0.2) is 5.78 Å². The van der Waals surface area contributed by atoms with E-state index in [0.717, 1.165) is 11.3 Å². The Kier molecular flexibility index (Phi) is 4.88.